The predicted octanol–water partition coefficient (Wildman–Crippen LogP) is 2.19. The summed E-state index contributed by atoms with van der Waals surface area (Å²) >= 11 is 0. The maximum atomic E-state index is 12.5. The van der Waals surface area contributed by atoms with Crippen LogP contribution >= 0.6 is 0 Å². The minimum Gasteiger partial charge on any atom is -0.508 e. The Morgan fingerprint density at radius 2 is 1.54 bits per heavy atom. The molecule has 2 aliphatic heterocycles. The van der Waals surface area contributed by atoms with Gasteiger partial charge in [-0.25, -0.2) is 9.78 Å². The number of nitrogens with zero attached hydrogens (tertiary/aromatic N) is 5. The SMILES string of the molecule is O=C(N1CCCC1)N1CCN(c2cncc(-c3ccc(O)cc3)n2)CC1. The largest absolute Gasteiger partial charge is 0.508 e. The van der Waals surface area contributed by atoms with Gasteiger partial charge in [0.05, 0.1) is 18.1 Å². The minimum atomic E-state index is 0.172. The number of rotatable bonds is 2. The van der Waals surface area contributed by atoms with E-state index in [1.54, 1.807) is 24.5 Å². The first-order valence-electron chi connectivity index (χ1n) is 9.11. The molecule has 2 saturated heterocycles. The summed E-state index contributed by atoms with van der Waals surface area (Å²) in [5.74, 6) is 1.06. The van der Waals surface area contributed by atoms with Gasteiger partial charge >= 0.3 is 6.03 Å². The molecule has 26 heavy (non-hydrogen) atoms. The van der Waals surface area contributed by atoms with Crippen molar-refractivity contribution in [3.63, 3.8) is 0 Å². The van der Waals surface area contributed by atoms with Crippen LogP contribution in [0.25, 0.3) is 11.3 Å². The van der Waals surface area contributed by atoms with E-state index in [1.807, 2.05) is 21.9 Å². The van der Waals surface area contributed by atoms with Gasteiger partial charge in [0.1, 0.15) is 11.6 Å². The highest BCUT2D eigenvalue weighted by atomic mass is 16.3. The second kappa shape index (κ2) is 7.19. The highest BCUT2D eigenvalue weighted by molar-refractivity contribution is 5.75. The lowest BCUT2D eigenvalue weighted by Crippen LogP contribution is -2.52. The standard InChI is InChI=1S/C19H23N5O2/c25-16-5-3-15(4-6-16)17-13-20-14-18(21-17)22-9-11-24(12-10-22)19(26)23-7-1-2-8-23/h3-6,13-14,25H,1-2,7-12H2. The molecule has 0 saturated carbocycles. The minimum absolute atomic E-state index is 0.172. The molecular weight excluding hydrogens is 330 g/mol. The average Bonchev–Trinajstić information content (AvgIpc) is 3.23. The number of anilines is 1. The third kappa shape index (κ3) is 3.42. The van der Waals surface area contributed by atoms with Gasteiger partial charge in [-0.05, 0) is 37.1 Å². The molecule has 2 amide bonds. The van der Waals surface area contributed by atoms with E-state index in [9.17, 15) is 9.90 Å². The molecule has 1 aromatic carbocycles. The normalized spacial score (nSPS) is 17.6. The van der Waals surface area contributed by atoms with E-state index in [0.717, 1.165) is 56.1 Å². The van der Waals surface area contributed by atoms with Crippen LogP contribution in [0.15, 0.2) is 36.7 Å². The fourth-order valence-electron chi connectivity index (χ4n) is 3.51. The number of benzene rings is 1. The van der Waals surface area contributed by atoms with Gasteiger partial charge in [0.15, 0.2) is 0 Å². The van der Waals surface area contributed by atoms with Crippen molar-refractivity contribution in [2.45, 2.75) is 12.8 Å². The smallest absolute Gasteiger partial charge is 0.320 e. The van der Waals surface area contributed by atoms with Crippen molar-refractivity contribution in [1.29, 1.82) is 0 Å². The van der Waals surface area contributed by atoms with E-state index in [0.29, 0.717) is 13.1 Å². The molecule has 2 aliphatic rings. The maximum absolute atomic E-state index is 12.5. The van der Waals surface area contributed by atoms with Crippen molar-refractivity contribution in [2.75, 3.05) is 44.2 Å². The number of hydrogen-bond donors (Lipinski definition) is 1. The number of phenols is 1. The number of aromatic nitrogens is 2. The zero-order chi connectivity index (χ0) is 17.9. The molecule has 136 valence electrons. The van der Waals surface area contributed by atoms with Crippen LogP contribution in [0.4, 0.5) is 10.6 Å². The zero-order valence-corrected chi connectivity index (χ0v) is 14.7. The van der Waals surface area contributed by atoms with Crippen molar-refractivity contribution in [3.05, 3.63) is 36.7 Å². The highest BCUT2D eigenvalue weighted by Gasteiger charge is 2.27. The highest BCUT2D eigenvalue weighted by Crippen LogP contribution is 2.22. The van der Waals surface area contributed by atoms with Crippen LogP contribution in [0.5, 0.6) is 5.75 Å². The van der Waals surface area contributed by atoms with Crippen molar-refractivity contribution in [2.24, 2.45) is 0 Å². The second-order valence-electron chi connectivity index (χ2n) is 6.76. The third-order valence-electron chi connectivity index (χ3n) is 5.04. The summed E-state index contributed by atoms with van der Waals surface area (Å²) in [6, 6.07) is 7.12. The Balaban J connectivity index is 1.42. The van der Waals surface area contributed by atoms with Gasteiger partial charge < -0.3 is 19.8 Å². The van der Waals surface area contributed by atoms with Crippen LogP contribution in [0.2, 0.25) is 0 Å². The number of carbonyl (C=O) groups is 1. The van der Waals surface area contributed by atoms with Crippen molar-refractivity contribution < 1.29 is 9.90 Å². The Labute approximate surface area is 152 Å². The molecule has 1 N–H and O–H groups in total. The molecule has 2 fully saturated rings. The molecule has 0 radical (unpaired) electrons. The molecule has 0 bridgehead atoms. The first-order chi connectivity index (χ1) is 12.7. The third-order valence-corrected chi connectivity index (χ3v) is 5.04. The van der Waals surface area contributed by atoms with Crippen LogP contribution in [0.1, 0.15) is 12.8 Å². The topological polar surface area (TPSA) is 72.8 Å². The zero-order valence-electron chi connectivity index (χ0n) is 14.7. The van der Waals surface area contributed by atoms with Gasteiger partial charge in [-0.2, -0.15) is 0 Å². The van der Waals surface area contributed by atoms with Crippen LogP contribution in [-0.4, -0.2) is 70.2 Å². The fourth-order valence-corrected chi connectivity index (χ4v) is 3.51. The number of amides is 2. The van der Waals surface area contributed by atoms with E-state index in [1.165, 1.54) is 0 Å². The Bertz CT molecular complexity index is 766. The molecule has 0 unspecified atom stereocenters. The Morgan fingerprint density at radius 1 is 0.885 bits per heavy atom. The summed E-state index contributed by atoms with van der Waals surface area (Å²) in [4.78, 5) is 27.6. The monoisotopic (exact) mass is 353 g/mol. The number of urea groups is 1. The molecule has 3 heterocycles. The lowest BCUT2D eigenvalue weighted by Gasteiger charge is -2.37. The van der Waals surface area contributed by atoms with Gasteiger partial charge in [0.2, 0.25) is 0 Å². The molecule has 0 spiro atoms. The summed E-state index contributed by atoms with van der Waals surface area (Å²) in [5, 5.41) is 9.43. The van der Waals surface area contributed by atoms with E-state index < -0.39 is 0 Å². The van der Waals surface area contributed by atoms with E-state index in [-0.39, 0.29) is 11.8 Å². The van der Waals surface area contributed by atoms with Crippen LogP contribution in [0, 0.1) is 0 Å². The first-order valence-corrected chi connectivity index (χ1v) is 9.11. The molecule has 0 atom stereocenters. The second-order valence-corrected chi connectivity index (χ2v) is 6.76. The summed E-state index contributed by atoms with van der Waals surface area (Å²) in [5.41, 5.74) is 1.69. The van der Waals surface area contributed by atoms with E-state index >= 15 is 0 Å². The van der Waals surface area contributed by atoms with E-state index in [4.69, 9.17) is 4.98 Å². The summed E-state index contributed by atoms with van der Waals surface area (Å²) in [7, 11) is 0. The molecule has 2 aromatic rings. The lowest BCUT2D eigenvalue weighted by molar-refractivity contribution is 0.159. The van der Waals surface area contributed by atoms with Crippen molar-refractivity contribution >= 4 is 11.8 Å². The molecule has 0 aliphatic carbocycles. The van der Waals surface area contributed by atoms with Gasteiger partial charge in [-0.15, -0.1) is 0 Å². The van der Waals surface area contributed by atoms with Gasteiger partial charge in [0, 0.05) is 44.8 Å². The molecule has 1 aromatic heterocycles. The van der Waals surface area contributed by atoms with E-state index in [2.05, 4.69) is 9.88 Å². The van der Waals surface area contributed by atoms with Crippen LogP contribution in [0.3, 0.4) is 0 Å². The molecule has 7 nitrogen and oxygen atoms in total. The predicted molar refractivity (Wildman–Crippen MR) is 99.1 cm³/mol. The Hall–Kier alpha value is -2.83. The Morgan fingerprint density at radius 3 is 2.23 bits per heavy atom. The summed E-state index contributed by atoms with van der Waals surface area (Å²) in [6.45, 7) is 4.71. The molecule has 7 heteroatoms. The number of carbonyl (C=O) groups excluding carboxylic acids is 1. The molecule has 4 rings (SSSR count). The fraction of sp³-hybridized carbons (Fsp3) is 0.421. The number of likely N-dealkylation sites (tertiary alicyclic amines) is 1. The Kier molecular flexibility index (Phi) is 4.60. The summed E-state index contributed by atoms with van der Waals surface area (Å²) < 4.78 is 0. The van der Waals surface area contributed by atoms with Crippen LogP contribution in [-0.2, 0) is 0 Å². The average molecular weight is 353 g/mol. The number of aromatic hydroxyl groups is 1. The number of piperazine rings is 1. The molecular formula is C19H23N5O2. The first kappa shape index (κ1) is 16.6. The van der Waals surface area contributed by atoms with Crippen molar-refractivity contribution in [3.8, 4) is 17.0 Å². The van der Waals surface area contributed by atoms with Gasteiger partial charge in [-0.3, -0.25) is 4.98 Å². The summed E-state index contributed by atoms with van der Waals surface area (Å²) in [6.07, 6.45) is 5.72. The number of phenolic OH excluding ortho intramolecular Hbond substituents is 1. The number of hydrogen-bond acceptors (Lipinski definition) is 5. The lowest BCUT2D eigenvalue weighted by atomic mass is 10.1. The quantitative estimate of drug-likeness (QED) is 0.896. The van der Waals surface area contributed by atoms with Crippen molar-refractivity contribution in [1.82, 2.24) is 19.8 Å². The van der Waals surface area contributed by atoms with Crippen LogP contribution < -0.4 is 4.90 Å². The maximum Gasteiger partial charge on any atom is 0.320 e. The van der Waals surface area contributed by atoms with Gasteiger partial charge in [0.25, 0.3) is 0 Å². The van der Waals surface area contributed by atoms with Gasteiger partial charge in [-0.1, -0.05) is 0 Å².